The average molecular weight is 380 g/mol. The minimum Gasteiger partial charge on any atom is -0.355 e. The van der Waals surface area contributed by atoms with E-state index < -0.39 is 0 Å². The molecular formula is C22H29N5O. The van der Waals surface area contributed by atoms with Crippen LogP contribution in [0, 0.1) is 0 Å². The van der Waals surface area contributed by atoms with Crippen molar-refractivity contribution >= 4 is 17.5 Å². The van der Waals surface area contributed by atoms with E-state index in [2.05, 4.69) is 51.2 Å². The number of rotatable bonds is 5. The van der Waals surface area contributed by atoms with Crippen molar-refractivity contribution in [2.75, 3.05) is 49.1 Å². The van der Waals surface area contributed by atoms with Crippen molar-refractivity contribution in [3.8, 4) is 0 Å². The van der Waals surface area contributed by atoms with Gasteiger partial charge in [-0.2, -0.15) is 0 Å². The van der Waals surface area contributed by atoms with Gasteiger partial charge < -0.3 is 14.7 Å². The maximum atomic E-state index is 13.0. The second-order valence-corrected chi connectivity index (χ2v) is 7.63. The second-order valence-electron chi connectivity index (χ2n) is 7.63. The molecule has 6 heteroatoms. The SMILES string of the molecule is CCC(C(=O)N1CCN(c2ccc(N3CCCC3)nn2)CC1)c1ccccc1. The van der Waals surface area contributed by atoms with Gasteiger partial charge in [0.15, 0.2) is 11.6 Å². The normalized spacial score (nSPS) is 18.4. The quantitative estimate of drug-likeness (QED) is 0.800. The number of benzene rings is 1. The molecule has 1 amide bonds. The molecule has 1 aromatic heterocycles. The zero-order valence-corrected chi connectivity index (χ0v) is 16.6. The lowest BCUT2D eigenvalue weighted by molar-refractivity contribution is -0.133. The molecule has 0 spiro atoms. The van der Waals surface area contributed by atoms with Gasteiger partial charge in [-0.15, -0.1) is 10.2 Å². The highest BCUT2D eigenvalue weighted by Crippen LogP contribution is 2.24. The maximum Gasteiger partial charge on any atom is 0.230 e. The molecule has 148 valence electrons. The summed E-state index contributed by atoms with van der Waals surface area (Å²) in [7, 11) is 0. The highest BCUT2D eigenvalue weighted by atomic mass is 16.2. The van der Waals surface area contributed by atoms with Crippen molar-refractivity contribution in [1.29, 1.82) is 0 Å². The predicted molar refractivity (Wildman–Crippen MR) is 112 cm³/mol. The molecule has 2 aliphatic rings. The Labute approximate surface area is 167 Å². The number of anilines is 2. The van der Waals surface area contributed by atoms with Crippen molar-refractivity contribution in [2.45, 2.75) is 32.1 Å². The molecule has 2 aromatic rings. The van der Waals surface area contributed by atoms with Crippen LogP contribution in [0.2, 0.25) is 0 Å². The lowest BCUT2D eigenvalue weighted by Crippen LogP contribution is -2.50. The summed E-state index contributed by atoms with van der Waals surface area (Å²) in [4.78, 5) is 19.6. The molecule has 0 aliphatic carbocycles. The van der Waals surface area contributed by atoms with Crippen LogP contribution in [0.3, 0.4) is 0 Å². The number of nitrogens with zero attached hydrogens (tertiary/aromatic N) is 5. The number of hydrogen-bond acceptors (Lipinski definition) is 5. The van der Waals surface area contributed by atoms with Crippen LogP contribution in [-0.4, -0.2) is 60.3 Å². The minimum atomic E-state index is -0.0488. The van der Waals surface area contributed by atoms with E-state index in [0.717, 1.165) is 62.9 Å². The van der Waals surface area contributed by atoms with E-state index in [1.165, 1.54) is 12.8 Å². The fraction of sp³-hybridized carbons (Fsp3) is 0.500. The number of hydrogen-bond donors (Lipinski definition) is 0. The molecule has 2 saturated heterocycles. The van der Waals surface area contributed by atoms with Gasteiger partial charge >= 0.3 is 0 Å². The minimum absolute atomic E-state index is 0.0488. The van der Waals surface area contributed by atoms with Gasteiger partial charge in [0.2, 0.25) is 5.91 Å². The zero-order valence-electron chi connectivity index (χ0n) is 16.6. The third kappa shape index (κ3) is 3.96. The number of carbonyl (C=O) groups is 1. The average Bonchev–Trinajstić information content (AvgIpc) is 3.30. The lowest BCUT2D eigenvalue weighted by atomic mass is 9.95. The van der Waals surface area contributed by atoms with Crippen molar-refractivity contribution in [2.24, 2.45) is 0 Å². The summed E-state index contributed by atoms with van der Waals surface area (Å²) in [5, 5.41) is 8.87. The Morgan fingerprint density at radius 2 is 1.43 bits per heavy atom. The van der Waals surface area contributed by atoms with E-state index in [0.29, 0.717) is 0 Å². The van der Waals surface area contributed by atoms with E-state index >= 15 is 0 Å². The molecule has 3 heterocycles. The van der Waals surface area contributed by atoms with E-state index in [-0.39, 0.29) is 11.8 Å². The van der Waals surface area contributed by atoms with Crippen LogP contribution < -0.4 is 9.80 Å². The van der Waals surface area contributed by atoms with Crippen LogP contribution in [0.1, 0.15) is 37.7 Å². The standard InChI is InChI=1S/C22H29N5O/c1-2-19(18-8-4-3-5-9-18)22(28)27-16-14-26(15-17-27)21-11-10-20(23-24-21)25-12-6-7-13-25/h3-5,8-11,19H,2,6-7,12-17H2,1H3. The van der Waals surface area contributed by atoms with Crippen molar-refractivity contribution in [3.63, 3.8) is 0 Å². The summed E-state index contributed by atoms with van der Waals surface area (Å²) in [6, 6.07) is 14.3. The summed E-state index contributed by atoms with van der Waals surface area (Å²) in [6.07, 6.45) is 3.30. The topological polar surface area (TPSA) is 52.6 Å². The van der Waals surface area contributed by atoms with Gasteiger partial charge in [0.1, 0.15) is 0 Å². The van der Waals surface area contributed by atoms with Gasteiger partial charge in [0, 0.05) is 39.3 Å². The van der Waals surface area contributed by atoms with Crippen molar-refractivity contribution in [3.05, 3.63) is 48.0 Å². The first-order valence-corrected chi connectivity index (χ1v) is 10.4. The third-order valence-electron chi connectivity index (χ3n) is 5.89. The number of amides is 1. The molecule has 4 rings (SSSR count). The molecule has 2 aliphatic heterocycles. The Balaban J connectivity index is 1.35. The van der Waals surface area contributed by atoms with Crippen molar-refractivity contribution < 1.29 is 4.79 Å². The summed E-state index contributed by atoms with van der Waals surface area (Å²) >= 11 is 0. The predicted octanol–water partition coefficient (Wildman–Crippen LogP) is 2.92. The largest absolute Gasteiger partial charge is 0.355 e. The zero-order chi connectivity index (χ0) is 19.3. The van der Waals surface area contributed by atoms with Crippen LogP contribution in [0.15, 0.2) is 42.5 Å². The van der Waals surface area contributed by atoms with Crippen LogP contribution >= 0.6 is 0 Å². The Morgan fingerprint density at radius 1 is 0.857 bits per heavy atom. The molecule has 1 atom stereocenters. The highest BCUT2D eigenvalue weighted by Gasteiger charge is 2.28. The van der Waals surface area contributed by atoms with E-state index in [9.17, 15) is 4.79 Å². The first kappa shape index (κ1) is 18.7. The van der Waals surface area contributed by atoms with Gasteiger partial charge in [-0.3, -0.25) is 4.79 Å². The summed E-state index contributed by atoms with van der Waals surface area (Å²) in [6.45, 7) is 7.31. The smallest absolute Gasteiger partial charge is 0.230 e. The van der Waals surface area contributed by atoms with Crippen molar-refractivity contribution in [1.82, 2.24) is 15.1 Å². The van der Waals surface area contributed by atoms with Gasteiger partial charge in [0.05, 0.1) is 5.92 Å². The Hall–Kier alpha value is -2.63. The molecule has 2 fully saturated rings. The lowest BCUT2D eigenvalue weighted by Gasteiger charge is -2.37. The van der Waals surface area contributed by atoms with Gasteiger partial charge in [-0.1, -0.05) is 37.3 Å². The Bertz CT molecular complexity index is 765. The van der Waals surface area contributed by atoms with E-state index in [1.54, 1.807) is 0 Å². The van der Waals surface area contributed by atoms with Gasteiger partial charge in [-0.25, -0.2) is 0 Å². The molecule has 1 unspecified atom stereocenters. The number of aromatic nitrogens is 2. The number of piperazine rings is 1. The first-order valence-electron chi connectivity index (χ1n) is 10.4. The molecule has 0 bridgehead atoms. The Kier molecular flexibility index (Phi) is 5.74. The molecule has 28 heavy (non-hydrogen) atoms. The second kappa shape index (κ2) is 8.59. The third-order valence-corrected chi connectivity index (χ3v) is 5.89. The fourth-order valence-corrected chi connectivity index (χ4v) is 4.22. The van der Waals surface area contributed by atoms with Gasteiger partial charge in [0.25, 0.3) is 0 Å². The molecule has 0 N–H and O–H groups in total. The fourth-order valence-electron chi connectivity index (χ4n) is 4.22. The summed E-state index contributed by atoms with van der Waals surface area (Å²) < 4.78 is 0. The summed E-state index contributed by atoms with van der Waals surface area (Å²) in [5.41, 5.74) is 1.11. The Morgan fingerprint density at radius 3 is 1.96 bits per heavy atom. The molecule has 6 nitrogen and oxygen atoms in total. The number of carbonyl (C=O) groups excluding carboxylic acids is 1. The molecule has 0 radical (unpaired) electrons. The van der Waals surface area contributed by atoms with E-state index in [4.69, 9.17) is 0 Å². The summed E-state index contributed by atoms with van der Waals surface area (Å²) in [5.74, 6) is 2.07. The van der Waals surface area contributed by atoms with Crippen LogP contribution in [0.25, 0.3) is 0 Å². The van der Waals surface area contributed by atoms with Gasteiger partial charge in [-0.05, 0) is 37.0 Å². The van der Waals surface area contributed by atoms with Crippen LogP contribution in [0.4, 0.5) is 11.6 Å². The molecule has 0 saturated carbocycles. The maximum absolute atomic E-state index is 13.0. The molecular weight excluding hydrogens is 350 g/mol. The first-order chi connectivity index (χ1) is 13.8. The monoisotopic (exact) mass is 379 g/mol. The van der Waals surface area contributed by atoms with E-state index in [1.807, 2.05) is 23.1 Å². The van der Waals surface area contributed by atoms with Crippen LogP contribution in [0.5, 0.6) is 0 Å². The molecule has 1 aromatic carbocycles. The highest BCUT2D eigenvalue weighted by molar-refractivity contribution is 5.84. The van der Waals surface area contributed by atoms with Crippen LogP contribution in [-0.2, 0) is 4.79 Å².